The van der Waals surface area contributed by atoms with E-state index in [1.54, 1.807) is 18.9 Å². The smallest absolute Gasteiger partial charge is 0.152 e. The Labute approximate surface area is 89.6 Å². The molecule has 12 heavy (non-hydrogen) atoms. The van der Waals surface area contributed by atoms with Gasteiger partial charge in [0.15, 0.2) is 5.75 Å². The summed E-state index contributed by atoms with van der Waals surface area (Å²) in [6.45, 7) is 0. The number of ether oxygens (including phenoxy) is 1. The van der Waals surface area contributed by atoms with Crippen LogP contribution in [0.2, 0.25) is 5.02 Å². The van der Waals surface area contributed by atoms with Crippen LogP contribution < -0.4 is 4.74 Å². The van der Waals surface area contributed by atoms with Crippen LogP contribution >= 0.6 is 39.3 Å². The summed E-state index contributed by atoms with van der Waals surface area (Å²) in [7, 11) is 1.62. The van der Waals surface area contributed by atoms with Gasteiger partial charge in [0, 0.05) is 4.47 Å². The SMILES string of the molecule is COc1c(SC)ccc(Br)c1Cl. The summed E-state index contributed by atoms with van der Waals surface area (Å²) >= 11 is 10.9. The van der Waals surface area contributed by atoms with E-state index in [4.69, 9.17) is 16.3 Å². The predicted octanol–water partition coefficient (Wildman–Crippen LogP) is 3.83. The maximum Gasteiger partial charge on any atom is 0.152 e. The van der Waals surface area contributed by atoms with Gasteiger partial charge < -0.3 is 4.74 Å². The van der Waals surface area contributed by atoms with Crippen LogP contribution in [0.1, 0.15) is 0 Å². The van der Waals surface area contributed by atoms with Gasteiger partial charge in [-0.1, -0.05) is 11.6 Å². The third-order valence-electron chi connectivity index (χ3n) is 1.44. The molecule has 0 aliphatic rings. The van der Waals surface area contributed by atoms with E-state index < -0.39 is 0 Å². The molecule has 0 aromatic heterocycles. The number of hydrogen-bond acceptors (Lipinski definition) is 2. The van der Waals surface area contributed by atoms with Crippen LogP contribution in [0.15, 0.2) is 21.5 Å². The van der Waals surface area contributed by atoms with Crippen molar-refractivity contribution in [2.24, 2.45) is 0 Å². The van der Waals surface area contributed by atoms with Crippen molar-refractivity contribution in [1.29, 1.82) is 0 Å². The summed E-state index contributed by atoms with van der Waals surface area (Å²) in [4.78, 5) is 1.05. The summed E-state index contributed by atoms with van der Waals surface area (Å²) in [5, 5.41) is 0.629. The molecule has 0 spiro atoms. The number of thioether (sulfide) groups is 1. The molecule has 1 aromatic carbocycles. The first-order valence-corrected chi connectivity index (χ1v) is 5.66. The first-order valence-electron chi connectivity index (χ1n) is 3.26. The average Bonchev–Trinajstić information content (AvgIpc) is 2.09. The molecule has 0 saturated carbocycles. The molecule has 0 fully saturated rings. The van der Waals surface area contributed by atoms with Crippen LogP contribution in [-0.4, -0.2) is 13.4 Å². The fourth-order valence-corrected chi connectivity index (χ4v) is 2.05. The standard InChI is InChI=1S/C8H8BrClOS/c1-11-8-6(12-2)4-3-5(9)7(8)10/h3-4H,1-2H3. The molecule has 0 radical (unpaired) electrons. The van der Waals surface area contributed by atoms with Gasteiger partial charge in [-0.05, 0) is 34.3 Å². The van der Waals surface area contributed by atoms with E-state index in [9.17, 15) is 0 Å². The lowest BCUT2D eigenvalue weighted by Crippen LogP contribution is -1.87. The second-order valence-electron chi connectivity index (χ2n) is 2.10. The van der Waals surface area contributed by atoms with Gasteiger partial charge in [0.25, 0.3) is 0 Å². The van der Waals surface area contributed by atoms with Crippen LogP contribution in [0.3, 0.4) is 0 Å². The Bertz CT molecular complexity index is 291. The summed E-state index contributed by atoms with van der Waals surface area (Å²) in [6, 6.07) is 3.89. The average molecular weight is 268 g/mol. The van der Waals surface area contributed by atoms with Crippen molar-refractivity contribution in [3.05, 3.63) is 21.6 Å². The second kappa shape index (κ2) is 4.40. The molecule has 1 aromatic rings. The highest BCUT2D eigenvalue weighted by molar-refractivity contribution is 9.10. The molecule has 1 rings (SSSR count). The monoisotopic (exact) mass is 266 g/mol. The lowest BCUT2D eigenvalue weighted by Gasteiger charge is -2.08. The predicted molar refractivity (Wildman–Crippen MR) is 57.5 cm³/mol. The molecule has 0 N–H and O–H groups in total. The van der Waals surface area contributed by atoms with Gasteiger partial charge in [-0.25, -0.2) is 0 Å². The van der Waals surface area contributed by atoms with Crippen molar-refractivity contribution in [1.82, 2.24) is 0 Å². The van der Waals surface area contributed by atoms with Crippen LogP contribution in [0.4, 0.5) is 0 Å². The molecular weight excluding hydrogens is 260 g/mol. The van der Waals surface area contributed by atoms with Gasteiger partial charge in [0.2, 0.25) is 0 Å². The quantitative estimate of drug-likeness (QED) is 0.753. The zero-order valence-electron chi connectivity index (χ0n) is 6.73. The van der Waals surface area contributed by atoms with Gasteiger partial charge >= 0.3 is 0 Å². The molecule has 0 bridgehead atoms. The topological polar surface area (TPSA) is 9.23 Å². The zero-order chi connectivity index (χ0) is 9.14. The fraction of sp³-hybridized carbons (Fsp3) is 0.250. The number of hydrogen-bond donors (Lipinski definition) is 0. The van der Waals surface area contributed by atoms with Gasteiger partial charge in [-0.2, -0.15) is 0 Å². The van der Waals surface area contributed by atoms with Crippen LogP contribution in [0, 0.1) is 0 Å². The number of methoxy groups -OCH3 is 1. The van der Waals surface area contributed by atoms with E-state index in [1.165, 1.54) is 0 Å². The first-order chi connectivity index (χ1) is 5.70. The summed E-state index contributed by atoms with van der Waals surface area (Å²) in [5.74, 6) is 0.735. The Balaban J connectivity index is 3.25. The van der Waals surface area contributed by atoms with Crippen molar-refractivity contribution in [3.8, 4) is 5.75 Å². The minimum atomic E-state index is 0.629. The summed E-state index contributed by atoms with van der Waals surface area (Å²) in [6.07, 6.45) is 1.99. The lowest BCUT2D eigenvalue weighted by atomic mass is 10.3. The largest absolute Gasteiger partial charge is 0.494 e. The minimum Gasteiger partial charge on any atom is -0.494 e. The van der Waals surface area contributed by atoms with E-state index in [0.29, 0.717) is 5.02 Å². The Kier molecular flexibility index (Phi) is 3.75. The lowest BCUT2D eigenvalue weighted by molar-refractivity contribution is 0.405. The second-order valence-corrected chi connectivity index (χ2v) is 4.18. The minimum absolute atomic E-state index is 0.629. The van der Waals surface area contributed by atoms with Crippen LogP contribution in [0.25, 0.3) is 0 Å². The molecule has 0 unspecified atom stereocenters. The highest BCUT2D eigenvalue weighted by Gasteiger charge is 2.09. The molecule has 66 valence electrons. The Morgan fingerprint density at radius 1 is 1.50 bits per heavy atom. The molecular formula is C8H8BrClOS. The maximum atomic E-state index is 5.99. The number of benzene rings is 1. The summed E-state index contributed by atoms with van der Waals surface area (Å²) in [5.41, 5.74) is 0. The Hall–Kier alpha value is 0.140. The third kappa shape index (κ3) is 1.90. The molecule has 0 heterocycles. The van der Waals surface area contributed by atoms with E-state index in [-0.39, 0.29) is 0 Å². The molecule has 0 aliphatic heterocycles. The molecule has 0 aliphatic carbocycles. The van der Waals surface area contributed by atoms with E-state index >= 15 is 0 Å². The van der Waals surface area contributed by atoms with Crippen molar-refractivity contribution < 1.29 is 4.74 Å². The molecule has 1 nitrogen and oxygen atoms in total. The molecule has 0 atom stereocenters. The number of halogens is 2. The first kappa shape index (κ1) is 10.2. The van der Waals surface area contributed by atoms with Gasteiger partial charge in [-0.15, -0.1) is 11.8 Å². The van der Waals surface area contributed by atoms with Crippen molar-refractivity contribution in [3.63, 3.8) is 0 Å². The highest BCUT2D eigenvalue weighted by Crippen LogP contribution is 2.39. The maximum absolute atomic E-state index is 5.99. The van der Waals surface area contributed by atoms with Crippen molar-refractivity contribution in [2.75, 3.05) is 13.4 Å². The molecule has 0 saturated heterocycles. The molecule has 4 heteroatoms. The van der Waals surface area contributed by atoms with Crippen LogP contribution in [0.5, 0.6) is 5.75 Å². The van der Waals surface area contributed by atoms with E-state index in [2.05, 4.69) is 15.9 Å². The third-order valence-corrected chi connectivity index (χ3v) is 3.46. The Morgan fingerprint density at radius 2 is 2.17 bits per heavy atom. The fourth-order valence-electron chi connectivity index (χ4n) is 0.865. The normalized spacial score (nSPS) is 10.0. The van der Waals surface area contributed by atoms with Gasteiger partial charge in [0.1, 0.15) is 0 Å². The van der Waals surface area contributed by atoms with E-state index in [1.807, 2.05) is 18.4 Å². The van der Waals surface area contributed by atoms with Crippen molar-refractivity contribution in [2.45, 2.75) is 4.90 Å². The summed E-state index contributed by atoms with van der Waals surface area (Å²) < 4.78 is 6.03. The van der Waals surface area contributed by atoms with Crippen LogP contribution in [-0.2, 0) is 0 Å². The number of rotatable bonds is 2. The highest BCUT2D eigenvalue weighted by atomic mass is 79.9. The van der Waals surface area contributed by atoms with Gasteiger partial charge in [0.05, 0.1) is 17.0 Å². The Morgan fingerprint density at radius 3 is 2.67 bits per heavy atom. The molecule has 0 amide bonds. The zero-order valence-corrected chi connectivity index (χ0v) is 9.89. The van der Waals surface area contributed by atoms with E-state index in [0.717, 1.165) is 15.1 Å². The van der Waals surface area contributed by atoms with Gasteiger partial charge in [-0.3, -0.25) is 0 Å². The van der Waals surface area contributed by atoms with Crippen molar-refractivity contribution >= 4 is 39.3 Å².